The molecule has 3 aromatic heterocycles. The number of aryl methyl sites for hydroxylation is 2. The van der Waals surface area contributed by atoms with Crippen LogP contribution in [0, 0.1) is 13.8 Å². The number of benzene rings is 1. The third-order valence-electron chi connectivity index (χ3n) is 3.77. The van der Waals surface area contributed by atoms with E-state index in [1.807, 2.05) is 0 Å². The first-order chi connectivity index (χ1) is 12.9. The molecule has 0 aliphatic rings. The third kappa shape index (κ3) is 3.49. The van der Waals surface area contributed by atoms with Gasteiger partial charge in [-0.1, -0.05) is 10.3 Å². The Hall–Kier alpha value is -2.98. The Morgan fingerprint density at radius 3 is 2.48 bits per heavy atom. The van der Waals surface area contributed by atoms with Crippen LogP contribution in [0.4, 0.5) is 5.69 Å². The fourth-order valence-electron chi connectivity index (χ4n) is 2.52. The van der Waals surface area contributed by atoms with E-state index >= 15 is 0 Å². The minimum atomic E-state index is -3.75. The summed E-state index contributed by atoms with van der Waals surface area (Å²) in [7, 11) is -3.75. The van der Waals surface area contributed by atoms with Gasteiger partial charge in [-0.3, -0.25) is 4.72 Å². The maximum atomic E-state index is 12.8. The maximum absolute atomic E-state index is 12.8. The first-order valence-electron chi connectivity index (χ1n) is 7.87. The molecule has 0 amide bonds. The molecule has 0 radical (unpaired) electrons. The van der Waals surface area contributed by atoms with Crippen molar-refractivity contribution in [3.63, 3.8) is 0 Å². The molecule has 8 nitrogen and oxygen atoms in total. The molecule has 0 bridgehead atoms. The molecule has 0 saturated heterocycles. The number of rotatable bonds is 5. The van der Waals surface area contributed by atoms with Gasteiger partial charge in [-0.15, -0.1) is 11.3 Å². The number of sulfonamides is 1. The van der Waals surface area contributed by atoms with Gasteiger partial charge in [0.2, 0.25) is 11.7 Å². The lowest BCUT2D eigenvalue weighted by Gasteiger charge is -2.08. The summed E-state index contributed by atoms with van der Waals surface area (Å²) in [5.74, 6) is 1.40. The van der Waals surface area contributed by atoms with Crippen LogP contribution in [-0.4, -0.2) is 23.7 Å². The molecule has 4 aromatic rings. The topological polar surface area (TPSA) is 111 Å². The van der Waals surface area contributed by atoms with Gasteiger partial charge in [0.25, 0.3) is 10.0 Å². The van der Waals surface area contributed by atoms with Crippen LogP contribution in [0.3, 0.4) is 0 Å². The van der Waals surface area contributed by atoms with Crippen molar-refractivity contribution in [1.29, 1.82) is 0 Å². The van der Waals surface area contributed by atoms with Crippen LogP contribution in [-0.2, 0) is 10.0 Å². The quantitative estimate of drug-likeness (QED) is 0.539. The second kappa shape index (κ2) is 6.63. The Bertz CT molecular complexity index is 1180. The van der Waals surface area contributed by atoms with Crippen LogP contribution in [0.15, 0.2) is 56.5 Å². The molecule has 0 aliphatic carbocycles. The van der Waals surface area contributed by atoms with E-state index in [1.165, 1.54) is 11.3 Å². The first-order valence-corrected chi connectivity index (χ1v) is 10.2. The Labute approximate surface area is 158 Å². The van der Waals surface area contributed by atoms with Gasteiger partial charge in [0, 0.05) is 29.1 Å². The zero-order valence-electron chi connectivity index (χ0n) is 14.3. The molecule has 0 unspecified atom stereocenters. The Morgan fingerprint density at radius 1 is 1.07 bits per heavy atom. The van der Waals surface area contributed by atoms with E-state index < -0.39 is 10.0 Å². The van der Waals surface area contributed by atoms with E-state index in [0.717, 1.165) is 5.56 Å². The molecule has 1 aromatic carbocycles. The van der Waals surface area contributed by atoms with Crippen molar-refractivity contribution in [3.8, 4) is 22.0 Å². The smallest absolute Gasteiger partial charge is 0.263 e. The zero-order valence-corrected chi connectivity index (χ0v) is 16.0. The minimum Gasteiger partial charge on any atom is -0.356 e. The minimum absolute atomic E-state index is 0.185. The normalized spacial score (nSPS) is 11.6. The van der Waals surface area contributed by atoms with E-state index in [-0.39, 0.29) is 4.90 Å². The lowest BCUT2D eigenvalue weighted by molar-refractivity contribution is 0.394. The first kappa shape index (κ1) is 17.4. The summed E-state index contributed by atoms with van der Waals surface area (Å²) >= 11 is 1.30. The van der Waals surface area contributed by atoms with Gasteiger partial charge in [-0.05, 0) is 37.3 Å². The lowest BCUT2D eigenvalue weighted by Crippen LogP contribution is -2.13. The van der Waals surface area contributed by atoms with Gasteiger partial charge in [0.15, 0.2) is 5.76 Å². The van der Waals surface area contributed by atoms with Crippen LogP contribution >= 0.6 is 11.3 Å². The highest BCUT2D eigenvalue weighted by Gasteiger charge is 2.22. The van der Waals surface area contributed by atoms with Crippen molar-refractivity contribution in [2.45, 2.75) is 18.7 Å². The standard InChI is InChI=1S/C17H14N4O4S2/c1-10-16(9-15(26-10)17-19-11(2)24-20-17)27(22,23)21-13-5-3-12(4-6-13)14-7-8-18-25-14/h3-9,21H,1-2H3. The molecule has 0 atom stereocenters. The van der Waals surface area contributed by atoms with Gasteiger partial charge >= 0.3 is 0 Å². The number of aromatic nitrogens is 3. The second-order valence-electron chi connectivity index (χ2n) is 5.73. The highest BCUT2D eigenvalue weighted by molar-refractivity contribution is 7.93. The molecule has 10 heteroatoms. The van der Waals surface area contributed by atoms with E-state index in [1.54, 1.807) is 56.4 Å². The summed E-state index contributed by atoms with van der Waals surface area (Å²) in [5, 5.41) is 7.49. The maximum Gasteiger partial charge on any atom is 0.263 e. The molecule has 0 spiro atoms. The van der Waals surface area contributed by atoms with Crippen molar-refractivity contribution in [2.75, 3.05) is 4.72 Å². The number of thiophene rings is 1. The summed E-state index contributed by atoms with van der Waals surface area (Å²) in [6, 6.07) is 10.1. The largest absolute Gasteiger partial charge is 0.356 e. The van der Waals surface area contributed by atoms with Crippen LogP contribution in [0.2, 0.25) is 0 Å². The van der Waals surface area contributed by atoms with Gasteiger partial charge in [0.05, 0.1) is 11.1 Å². The predicted molar refractivity (Wildman–Crippen MR) is 99.8 cm³/mol. The lowest BCUT2D eigenvalue weighted by atomic mass is 10.1. The van der Waals surface area contributed by atoms with Gasteiger partial charge in [-0.25, -0.2) is 8.42 Å². The van der Waals surface area contributed by atoms with Crippen molar-refractivity contribution < 1.29 is 17.5 Å². The summed E-state index contributed by atoms with van der Waals surface area (Å²) in [6.07, 6.45) is 1.55. The second-order valence-corrected chi connectivity index (χ2v) is 8.63. The molecular formula is C17H14N4O4S2. The fourth-order valence-corrected chi connectivity index (χ4v) is 5.10. The van der Waals surface area contributed by atoms with Crippen molar-refractivity contribution in [3.05, 3.63) is 53.4 Å². The molecule has 1 N–H and O–H groups in total. The molecule has 27 heavy (non-hydrogen) atoms. The van der Waals surface area contributed by atoms with E-state index in [9.17, 15) is 8.42 Å². The predicted octanol–water partition coefficient (Wildman–Crippen LogP) is 3.87. The van der Waals surface area contributed by atoms with Gasteiger partial charge < -0.3 is 9.05 Å². The summed E-state index contributed by atoms with van der Waals surface area (Å²) in [6.45, 7) is 3.42. The third-order valence-corrected chi connectivity index (χ3v) is 6.45. The summed E-state index contributed by atoms with van der Waals surface area (Å²) in [4.78, 5) is 5.59. The van der Waals surface area contributed by atoms with Gasteiger partial charge in [-0.2, -0.15) is 4.98 Å². The zero-order chi connectivity index (χ0) is 19.0. The average Bonchev–Trinajstić information content (AvgIpc) is 3.36. The van der Waals surface area contributed by atoms with Crippen LogP contribution in [0.5, 0.6) is 0 Å². The molecular weight excluding hydrogens is 388 g/mol. The van der Waals surface area contributed by atoms with Crippen molar-refractivity contribution in [2.24, 2.45) is 0 Å². The average molecular weight is 402 g/mol. The van der Waals surface area contributed by atoms with E-state index in [4.69, 9.17) is 9.05 Å². The van der Waals surface area contributed by atoms with E-state index in [0.29, 0.717) is 32.9 Å². The number of hydrogen-bond donors (Lipinski definition) is 1. The number of hydrogen-bond acceptors (Lipinski definition) is 8. The summed E-state index contributed by atoms with van der Waals surface area (Å²) < 4.78 is 38.2. The number of anilines is 1. The summed E-state index contributed by atoms with van der Waals surface area (Å²) in [5.41, 5.74) is 1.25. The highest BCUT2D eigenvalue weighted by atomic mass is 32.2. The Balaban J connectivity index is 1.59. The van der Waals surface area contributed by atoms with Crippen molar-refractivity contribution in [1.82, 2.24) is 15.3 Å². The Kier molecular flexibility index (Phi) is 4.28. The number of nitrogens with one attached hydrogen (secondary N) is 1. The monoisotopic (exact) mass is 402 g/mol. The number of nitrogens with zero attached hydrogens (tertiary/aromatic N) is 3. The Morgan fingerprint density at radius 2 is 1.85 bits per heavy atom. The molecule has 138 valence electrons. The molecule has 0 saturated carbocycles. The van der Waals surface area contributed by atoms with Crippen LogP contribution in [0.25, 0.3) is 22.0 Å². The van der Waals surface area contributed by atoms with Crippen molar-refractivity contribution >= 4 is 27.0 Å². The van der Waals surface area contributed by atoms with E-state index in [2.05, 4.69) is 20.0 Å². The fraction of sp³-hybridized carbons (Fsp3) is 0.118. The van der Waals surface area contributed by atoms with Crippen LogP contribution in [0.1, 0.15) is 10.8 Å². The molecule has 0 aliphatic heterocycles. The highest BCUT2D eigenvalue weighted by Crippen LogP contribution is 2.33. The van der Waals surface area contributed by atoms with Crippen LogP contribution < -0.4 is 4.72 Å². The molecule has 3 heterocycles. The molecule has 0 fully saturated rings. The molecule has 4 rings (SSSR count). The van der Waals surface area contributed by atoms with Gasteiger partial charge in [0.1, 0.15) is 4.90 Å². The SMILES string of the molecule is Cc1nc(-c2cc(S(=O)(=O)Nc3ccc(-c4ccno4)cc3)c(C)s2)no1.